The van der Waals surface area contributed by atoms with Crippen LogP contribution in [0.1, 0.15) is 36.0 Å². The highest BCUT2D eigenvalue weighted by atomic mass is 32.1. The summed E-state index contributed by atoms with van der Waals surface area (Å²) in [5, 5.41) is 6.39. The van der Waals surface area contributed by atoms with Gasteiger partial charge in [-0.25, -0.2) is 0 Å². The van der Waals surface area contributed by atoms with Gasteiger partial charge in [0.2, 0.25) is 0 Å². The minimum absolute atomic E-state index is 0.116. The van der Waals surface area contributed by atoms with E-state index in [0.29, 0.717) is 13.0 Å². The smallest absolute Gasteiger partial charge is 0.312 e. The van der Waals surface area contributed by atoms with E-state index in [1.165, 1.54) is 4.88 Å². The number of thiophene rings is 1. The van der Waals surface area contributed by atoms with Crippen LogP contribution in [0.5, 0.6) is 0 Å². The normalized spacial score (nSPS) is 16.5. The van der Waals surface area contributed by atoms with Crippen molar-refractivity contribution in [3.05, 3.63) is 64.0 Å². The van der Waals surface area contributed by atoms with Crippen LogP contribution in [0, 0.1) is 12.3 Å². The van der Waals surface area contributed by atoms with Gasteiger partial charge in [0.25, 0.3) is 0 Å². The average molecular weight is 425 g/mol. The third kappa shape index (κ3) is 4.50. The Morgan fingerprint density at radius 2 is 2.03 bits per heavy atom. The third-order valence-electron chi connectivity index (χ3n) is 5.97. The number of nitrogens with zero attached hydrogens (tertiary/aromatic N) is 2. The molecule has 6 heteroatoms. The van der Waals surface area contributed by atoms with Crippen molar-refractivity contribution in [3.8, 4) is 11.3 Å². The number of aromatic nitrogens is 1. The van der Waals surface area contributed by atoms with Crippen molar-refractivity contribution in [3.63, 3.8) is 0 Å². The third-order valence-corrected chi connectivity index (χ3v) is 6.83. The van der Waals surface area contributed by atoms with Gasteiger partial charge in [-0.3, -0.25) is 9.69 Å². The van der Waals surface area contributed by atoms with E-state index in [1.54, 1.807) is 11.3 Å². The summed E-state index contributed by atoms with van der Waals surface area (Å²) in [6, 6.07) is 14.3. The first-order valence-corrected chi connectivity index (χ1v) is 11.4. The topological polar surface area (TPSA) is 55.6 Å². The fraction of sp³-hybridized carbons (Fsp3) is 0.417. The summed E-state index contributed by atoms with van der Waals surface area (Å²) in [4.78, 5) is 16.8. The van der Waals surface area contributed by atoms with E-state index in [1.807, 2.05) is 31.2 Å². The van der Waals surface area contributed by atoms with Crippen LogP contribution < -0.4 is 0 Å². The molecule has 0 spiro atoms. The predicted molar refractivity (Wildman–Crippen MR) is 118 cm³/mol. The quantitative estimate of drug-likeness (QED) is 0.494. The van der Waals surface area contributed by atoms with E-state index in [2.05, 4.69) is 40.6 Å². The summed E-state index contributed by atoms with van der Waals surface area (Å²) < 4.78 is 11.2. The number of benzene rings is 1. The van der Waals surface area contributed by atoms with Gasteiger partial charge >= 0.3 is 5.97 Å². The molecule has 1 aromatic carbocycles. The largest absolute Gasteiger partial charge is 0.466 e. The molecule has 0 N–H and O–H groups in total. The molecular formula is C24H28N2O3S. The Hall–Kier alpha value is -2.44. The Labute approximate surface area is 181 Å². The van der Waals surface area contributed by atoms with Crippen molar-refractivity contribution in [2.24, 2.45) is 5.41 Å². The molecule has 1 saturated heterocycles. The predicted octanol–water partition coefficient (Wildman–Crippen LogP) is 5.10. The number of esters is 1. The SMILES string of the molecule is CCOC(=O)C1(Cc2cc(-c3ccccc3C)no2)CCN(Cc2cccs2)CC1. The molecule has 3 aromatic rings. The Bertz CT molecular complexity index is 972. The van der Waals surface area contributed by atoms with Gasteiger partial charge < -0.3 is 9.26 Å². The van der Waals surface area contributed by atoms with Crippen molar-refractivity contribution in [2.45, 2.75) is 39.7 Å². The van der Waals surface area contributed by atoms with E-state index < -0.39 is 5.41 Å². The zero-order valence-corrected chi connectivity index (χ0v) is 18.4. The first kappa shape index (κ1) is 20.8. The van der Waals surface area contributed by atoms with Gasteiger partial charge in [-0.15, -0.1) is 11.3 Å². The second kappa shape index (κ2) is 9.14. The van der Waals surface area contributed by atoms with Crippen molar-refractivity contribution < 1.29 is 14.1 Å². The number of rotatable bonds is 7. The van der Waals surface area contributed by atoms with Gasteiger partial charge in [-0.1, -0.05) is 35.5 Å². The number of piperidine rings is 1. The van der Waals surface area contributed by atoms with Crippen molar-refractivity contribution >= 4 is 17.3 Å². The molecule has 0 bridgehead atoms. The molecule has 0 aliphatic carbocycles. The fourth-order valence-corrected chi connectivity index (χ4v) is 4.96. The maximum absolute atomic E-state index is 13.0. The first-order valence-electron chi connectivity index (χ1n) is 10.5. The van der Waals surface area contributed by atoms with E-state index in [9.17, 15) is 4.79 Å². The summed E-state index contributed by atoms with van der Waals surface area (Å²) in [6.07, 6.45) is 2.05. The van der Waals surface area contributed by atoms with Gasteiger partial charge in [0.05, 0.1) is 12.0 Å². The van der Waals surface area contributed by atoms with Crippen LogP contribution in [0.3, 0.4) is 0 Å². The molecule has 0 amide bonds. The lowest BCUT2D eigenvalue weighted by molar-refractivity contribution is -0.159. The first-order chi connectivity index (χ1) is 14.6. The molecule has 0 atom stereocenters. The van der Waals surface area contributed by atoms with Gasteiger partial charge in [-0.2, -0.15) is 0 Å². The van der Waals surface area contributed by atoms with Gasteiger partial charge in [0, 0.05) is 29.5 Å². The maximum atomic E-state index is 13.0. The summed E-state index contributed by atoms with van der Waals surface area (Å²) in [6.45, 7) is 7.00. The van der Waals surface area contributed by atoms with E-state index in [0.717, 1.165) is 55.1 Å². The van der Waals surface area contributed by atoms with Crippen LogP contribution >= 0.6 is 11.3 Å². The highest BCUT2D eigenvalue weighted by Crippen LogP contribution is 2.38. The standard InChI is InChI=1S/C24H28N2O3S/c1-3-28-23(27)24(10-12-26(13-11-24)17-20-8-6-14-30-20)16-19-15-22(25-29-19)21-9-5-4-7-18(21)2/h4-9,14-15H,3,10-13,16-17H2,1-2H3. The minimum atomic E-state index is -0.551. The molecule has 3 heterocycles. The lowest BCUT2D eigenvalue weighted by Gasteiger charge is -2.39. The van der Waals surface area contributed by atoms with E-state index >= 15 is 0 Å². The van der Waals surface area contributed by atoms with Gasteiger partial charge in [-0.05, 0) is 56.8 Å². The number of carbonyl (C=O) groups is 1. The van der Waals surface area contributed by atoms with Crippen molar-refractivity contribution in [1.82, 2.24) is 10.1 Å². The zero-order chi connectivity index (χ0) is 21.0. The van der Waals surface area contributed by atoms with Crippen LogP contribution in [0.15, 0.2) is 52.4 Å². The highest BCUT2D eigenvalue weighted by Gasteiger charge is 2.43. The maximum Gasteiger partial charge on any atom is 0.312 e. The van der Waals surface area contributed by atoms with Crippen LogP contribution in [-0.2, 0) is 22.5 Å². The van der Waals surface area contributed by atoms with Gasteiger partial charge in [0.15, 0.2) is 0 Å². The average Bonchev–Trinajstić information content (AvgIpc) is 3.42. The number of aryl methyl sites for hydroxylation is 1. The molecule has 1 aliphatic rings. The molecule has 30 heavy (non-hydrogen) atoms. The Morgan fingerprint density at radius 3 is 2.73 bits per heavy atom. The van der Waals surface area contributed by atoms with Crippen molar-refractivity contribution in [1.29, 1.82) is 0 Å². The summed E-state index contributed by atoms with van der Waals surface area (Å²) in [5.74, 6) is 0.627. The monoisotopic (exact) mass is 424 g/mol. The Balaban J connectivity index is 1.50. The Morgan fingerprint density at radius 1 is 1.23 bits per heavy atom. The zero-order valence-electron chi connectivity index (χ0n) is 17.6. The molecule has 0 radical (unpaired) electrons. The fourth-order valence-electron chi connectivity index (χ4n) is 4.22. The molecule has 1 fully saturated rings. The molecule has 2 aromatic heterocycles. The van der Waals surface area contributed by atoms with Gasteiger partial charge in [0.1, 0.15) is 11.5 Å². The van der Waals surface area contributed by atoms with Crippen LogP contribution in [-0.4, -0.2) is 35.7 Å². The lowest BCUT2D eigenvalue weighted by atomic mass is 9.75. The van der Waals surface area contributed by atoms with Crippen LogP contribution in [0.25, 0.3) is 11.3 Å². The highest BCUT2D eigenvalue weighted by molar-refractivity contribution is 7.09. The van der Waals surface area contributed by atoms with Crippen LogP contribution in [0.2, 0.25) is 0 Å². The Kier molecular flexibility index (Phi) is 6.35. The number of hydrogen-bond donors (Lipinski definition) is 0. The second-order valence-corrected chi connectivity index (χ2v) is 9.06. The molecule has 4 rings (SSSR count). The lowest BCUT2D eigenvalue weighted by Crippen LogP contribution is -2.46. The molecule has 0 saturated carbocycles. The minimum Gasteiger partial charge on any atom is -0.466 e. The van der Waals surface area contributed by atoms with Crippen molar-refractivity contribution in [2.75, 3.05) is 19.7 Å². The summed E-state index contributed by atoms with van der Waals surface area (Å²) >= 11 is 1.78. The number of likely N-dealkylation sites (tertiary alicyclic amines) is 1. The van der Waals surface area contributed by atoms with E-state index in [-0.39, 0.29) is 5.97 Å². The summed E-state index contributed by atoms with van der Waals surface area (Å²) in [7, 11) is 0. The number of hydrogen-bond acceptors (Lipinski definition) is 6. The molecule has 158 valence electrons. The second-order valence-electron chi connectivity index (χ2n) is 8.03. The number of carbonyl (C=O) groups excluding carboxylic acids is 1. The van der Waals surface area contributed by atoms with Crippen LogP contribution in [0.4, 0.5) is 0 Å². The van der Waals surface area contributed by atoms with E-state index in [4.69, 9.17) is 9.26 Å². The molecule has 0 unspecified atom stereocenters. The number of ether oxygens (including phenoxy) is 1. The molecule has 5 nitrogen and oxygen atoms in total. The summed E-state index contributed by atoms with van der Waals surface area (Å²) in [5.41, 5.74) is 2.48. The molecule has 1 aliphatic heterocycles. The molecular weight excluding hydrogens is 396 g/mol.